The summed E-state index contributed by atoms with van der Waals surface area (Å²) < 4.78 is 0. The number of rotatable bonds is 4. The highest BCUT2D eigenvalue weighted by molar-refractivity contribution is 7.80. The summed E-state index contributed by atoms with van der Waals surface area (Å²) in [7, 11) is 0. The monoisotopic (exact) mass is 277 g/mol. The lowest BCUT2D eigenvalue weighted by Crippen LogP contribution is -2.40. The molecule has 0 aromatic carbocycles. The Morgan fingerprint density at radius 2 is 2.00 bits per heavy atom. The van der Waals surface area contributed by atoms with Crippen molar-refractivity contribution in [2.24, 2.45) is 11.1 Å². The van der Waals surface area contributed by atoms with Crippen LogP contribution in [0.2, 0.25) is 0 Å². The molecule has 1 aromatic rings. The zero-order valence-electron chi connectivity index (χ0n) is 11.9. The largest absolute Gasteiger partial charge is 0.389 e. The summed E-state index contributed by atoms with van der Waals surface area (Å²) >= 11 is 5.12. The number of piperidine rings is 1. The Bertz CT molecular complexity index is 444. The highest BCUT2D eigenvalue weighted by Crippen LogP contribution is 2.39. The number of hydrogen-bond donors (Lipinski definition) is 1. The molecule has 0 bridgehead atoms. The first-order chi connectivity index (χ1) is 9.12. The van der Waals surface area contributed by atoms with Gasteiger partial charge in [0.1, 0.15) is 10.8 Å². The second-order valence-electron chi connectivity index (χ2n) is 5.43. The van der Waals surface area contributed by atoms with Crippen molar-refractivity contribution >= 4 is 23.0 Å². The van der Waals surface area contributed by atoms with Crippen molar-refractivity contribution in [2.45, 2.75) is 39.5 Å². The topological polar surface area (TPSA) is 42.2 Å². The molecule has 0 aliphatic carbocycles. The van der Waals surface area contributed by atoms with E-state index in [4.69, 9.17) is 18.0 Å². The molecule has 0 radical (unpaired) electrons. The molecule has 4 heteroatoms. The van der Waals surface area contributed by atoms with Gasteiger partial charge in [0.25, 0.3) is 0 Å². The molecule has 0 spiro atoms. The molecule has 1 aliphatic heterocycles. The van der Waals surface area contributed by atoms with Crippen LogP contribution in [0.15, 0.2) is 18.3 Å². The lowest BCUT2D eigenvalue weighted by molar-refractivity contribution is 0.199. The van der Waals surface area contributed by atoms with E-state index in [9.17, 15) is 0 Å². The average molecular weight is 277 g/mol. The molecule has 3 nitrogen and oxygen atoms in total. The van der Waals surface area contributed by atoms with Crippen LogP contribution >= 0.6 is 12.2 Å². The molecular formula is C15H23N3S. The fraction of sp³-hybridized carbons (Fsp3) is 0.600. The maximum Gasteiger partial charge on any atom is 0.138 e. The van der Waals surface area contributed by atoms with Crippen molar-refractivity contribution in [2.75, 3.05) is 18.0 Å². The molecule has 0 amide bonds. The Morgan fingerprint density at radius 1 is 1.37 bits per heavy atom. The Balaban J connectivity index is 2.16. The van der Waals surface area contributed by atoms with Gasteiger partial charge in [-0.1, -0.05) is 38.9 Å². The quantitative estimate of drug-likeness (QED) is 0.859. The molecule has 1 aliphatic rings. The molecule has 1 fully saturated rings. The maximum absolute atomic E-state index is 5.79. The van der Waals surface area contributed by atoms with Gasteiger partial charge in [-0.25, -0.2) is 4.98 Å². The van der Waals surface area contributed by atoms with Crippen molar-refractivity contribution in [3.8, 4) is 0 Å². The third-order valence-corrected chi connectivity index (χ3v) is 4.90. The van der Waals surface area contributed by atoms with E-state index in [-0.39, 0.29) is 0 Å². The van der Waals surface area contributed by atoms with Crippen LogP contribution in [-0.2, 0) is 0 Å². The van der Waals surface area contributed by atoms with E-state index < -0.39 is 0 Å². The number of hydrogen-bond acceptors (Lipinski definition) is 3. The molecule has 1 aromatic heterocycles. The number of pyridine rings is 1. The molecule has 0 unspecified atom stereocenters. The van der Waals surface area contributed by atoms with Gasteiger partial charge >= 0.3 is 0 Å². The second-order valence-corrected chi connectivity index (χ2v) is 5.87. The van der Waals surface area contributed by atoms with Crippen LogP contribution < -0.4 is 10.6 Å². The van der Waals surface area contributed by atoms with Crippen LogP contribution in [0, 0.1) is 5.41 Å². The summed E-state index contributed by atoms with van der Waals surface area (Å²) in [5, 5.41) is 0. The number of nitrogens with two attached hydrogens (primary N) is 1. The van der Waals surface area contributed by atoms with E-state index >= 15 is 0 Å². The fourth-order valence-corrected chi connectivity index (χ4v) is 3.15. The molecule has 2 N–H and O–H groups in total. The molecule has 0 atom stereocenters. The van der Waals surface area contributed by atoms with Gasteiger partial charge in [0.2, 0.25) is 0 Å². The van der Waals surface area contributed by atoms with E-state index in [1.807, 2.05) is 18.3 Å². The normalized spacial score (nSPS) is 18.3. The van der Waals surface area contributed by atoms with Gasteiger partial charge in [0, 0.05) is 19.3 Å². The fourth-order valence-electron chi connectivity index (χ4n) is 2.99. The summed E-state index contributed by atoms with van der Waals surface area (Å²) in [6.07, 6.45) is 6.81. The van der Waals surface area contributed by atoms with E-state index in [0.717, 1.165) is 24.5 Å². The minimum absolute atomic E-state index is 0.436. The molecule has 104 valence electrons. The maximum atomic E-state index is 5.79. The third kappa shape index (κ3) is 2.89. The number of anilines is 1. The Kier molecular flexibility index (Phi) is 4.40. The first-order valence-electron chi connectivity index (χ1n) is 7.11. The first kappa shape index (κ1) is 14.3. The van der Waals surface area contributed by atoms with Crippen LogP contribution in [0.5, 0.6) is 0 Å². The van der Waals surface area contributed by atoms with Gasteiger partial charge in [-0.05, 0) is 30.4 Å². The van der Waals surface area contributed by atoms with Crippen molar-refractivity contribution < 1.29 is 0 Å². The number of aromatic nitrogens is 1. The molecule has 2 rings (SSSR count). The Labute approximate surface area is 121 Å². The van der Waals surface area contributed by atoms with Crippen LogP contribution in [0.25, 0.3) is 0 Å². The minimum Gasteiger partial charge on any atom is -0.389 e. The summed E-state index contributed by atoms with van der Waals surface area (Å²) in [4.78, 5) is 7.25. The number of thiocarbonyl (C=S) groups is 1. The van der Waals surface area contributed by atoms with Crippen LogP contribution in [0.3, 0.4) is 0 Å². The zero-order valence-corrected chi connectivity index (χ0v) is 12.7. The summed E-state index contributed by atoms with van der Waals surface area (Å²) in [6.45, 7) is 6.71. The standard InChI is InChI=1S/C15H23N3S/c1-3-15(4-2)7-10-18(11-8-15)14-12(13(16)19)6-5-9-17-14/h5-6,9H,3-4,7-8,10-11H2,1-2H3,(H2,16,19). The second kappa shape index (κ2) is 5.87. The summed E-state index contributed by atoms with van der Waals surface area (Å²) in [5.74, 6) is 0.954. The van der Waals surface area contributed by atoms with Crippen LogP contribution in [-0.4, -0.2) is 23.1 Å². The zero-order chi connectivity index (χ0) is 13.9. The molecule has 0 saturated carbocycles. The van der Waals surface area contributed by atoms with E-state index in [2.05, 4.69) is 23.7 Å². The number of nitrogens with zero attached hydrogens (tertiary/aromatic N) is 2. The Hall–Kier alpha value is -1.16. The van der Waals surface area contributed by atoms with Crippen LogP contribution in [0.1, 0.15) is 45.1 Å². The van der Waals surface area contributed by atoms with Crippen molar-refractivity contribution in [3.05, 3.63) is 23.9 Å². The van der Waals surface area contributed by atoms with Crippen molar-refractivity contribution in [1.29, 1.82) is 0 Å². The van der Waals surface area contributed by atoms with Crippen LogP contribution in [0.4, 0.5) is 5.82 Å². The predicted octanol–water partition coefficient (Wildman–Crippen LogP) is 3.12. The average Bonchev–Trinajstić information content (AvgIpc) is 2.47. The van der Waals surface area contributed by atoms with Gasteiger partial charge in [0.15, 0.2) is 0 Å². The van der Waals surface area contributed by atoms with Gasteiger partial charge < -0.3 is 10.6 Å². The SMILES string of the molecule is CCC1(CC)CCN(c2ncccc2C(N)=S)CC1. The van der Waals surface area contributed by atoms with E-state index in [1.54, 1.807) is 0 Å². The van der Waals surface area contributed by atoms with E-state index in [1.165, 1.54) is 25.7 Å². The van der Waals surface area contributed by atoms with Crippen molar-refractivity contribution in [1.82, 2.24) is 4.98 Å². The highest BCUT2D eigenvalue weighted by atomic mass is 32.1. The molecular weight excluding hydrogens is 254 g/mol. The molecule has 2 heterocycles. The smallest absolute Gasteiger partial charge is 0.138 e. The summed E-state index contributed by atoms with van der Waals surface area (Å²) in [5.41, 5.74) is 7.22. The minimum atomic E-state index is 0.436. The molecule has 1 saturated heterocycles. The van der Waals surface area contributed by atoms with Gasteiger partial charge in [-0.15, -0.1) is 0 Å². The first-order valence-corrected chi connectivity index (χ1v) is 7.52. The lowest BCUT2D eigenvalue weighted by Gasteiger charge is -2.41. The van der Waals surface area contributed by atoms with Crippen molar-refractivity contribution in [3.63, 3.8) is 0 Å². The Morgan fingerprint density at radius 3 is 2.53 bits per heavy atom. The summed E-state index contributed by atoms with van der Waals surface area (Å²) in [6, 6.07) is 3.86. The lowest BCUT2D eigenvalue weighted by atomic mass is 9.74. The third-order valence-electron chi connectivity index (χ3n) is 4.68. The highest BCUT2D eigenvalue weighted by Gasteiger charge is 2.32. The van der Waals surface area contributed by atoms with E-state index in [0.29, 0.717) is 10.4 Å². The van der Waals surface area contributed by atoms with Gasteiger partial charge in [0.05, 0.1) is 5.56 Å². The predicted molar refractivity (Wildman–Crippen MR) is 84.6 cm³/mol. The molecule has 19 heavy (non-hydrogen) atoms. The van der Waals surface area contributed by atoms with Gasteiger partial charge in [-0.3, -0.25) is 0 Å². The van der Waals surface area contributed by atoms with Gasteiger partial charge in [-0.2, -0.15) is 0 Å².